The van der Waals surface area contributed by atoms with Crippen LogP contribution in [0, 0.1) is 6.92 Å². The van der Waals surface area contributed by atoms with Gasteiger partial charge in [-0.3, -0.25) is 9.59 Å². The van der Waals surface area contributed by atoms with E-state index in [1.807, 2.05) is 13.8 Å². The van der Waals surface area contributed by atoms with Crippen LogP contribution >= 0.6 is 0 Å². The van der Waals surface area contributed by atoms with Crippen LogP contribution in [0.4, 0.5) is 5.69 Å². The number of carbonyl (C=O) groups excluding carboxylic acids is 2. The van der Waals surface area contributed by atoms with Crippen LogP contribution in [-0.4, -0.2) is 24.4 Å². The van der Waals surface area contributed by atoms with Gasteiger partial charge in [0.25, 0.3) is 5.91 Å². The Balaban J connectivity index is 2.48. The maximum Gasteiger partial charge on any atom is 0.251 e. The molecule has 0 aliphatic heterocycles. The quantitative estimate of drug-likeness (QED) is 0.698. The van der Waals surface area contributed by atoms with E-state index in [1.54, 1.807) is 25.1 Å². The van der Waals surface area contributed by atoms with Crippen LogP contribution in [0.1, 0.15) is 36.2 Å². The molecule has 5 nitrogen and oxygen atoms in total. The van der Waals surface area contributed by atoms with Crippen molar-refractivity contribution in [1.82, 2.24) is 10.6 Å². The number of nitrogens with two attached hydrogens (primary N) is 1. The SMILES string of the molecule is Cc1c(N)cccc1C(=O)NCCC(=O)NC(C)C. The molecule has 0 fully saturated rings. The summed E-state index contributed by atoms with van der Waals surface area (Å²) in [6.07, 6.45) is 0.269. The van der Waals surface area contributed by atoms with Crippen molar-refractivity contribution in [2.24, 2.45) is 0 Å². The van der Waals surface area contributed by atoms with Gasteiger partial charge < -0.3 is 16.4 Å². The molecule has 5 heteroatoms. The Morgan fingerprint density at radius 1 is 1.32 bits per heavy atom. The van der Waals surface area contributed by atoms with Crippen molar-refractivity contribution in [1.29, 1.82) is 0 Å². The summed E-state index contributed by atoms with van der Waals surface area (Å²) < 4.78 is 0. The van der Waals surface area contributed by atoms with Crippen LogP contribution in [-0.2, 0) is 4.79 Å². The Kier molecular flexibility index (Phi) is 5.36. The predicted octanol–water partition coefficient (Wildman–Crippen LogP) is 1.22. The fourth-order valence-corrected chi connectivity index (χ4v) is 1.68. The minimum absolute atomic E-state index is 0.0698. The van der Waals surface area contributed by atoms with Crippen LogP contribution in [0.2, 0.25) is 0 Å². The minimum atomic E-state index is -0.206. The van der Waals surface area contributed by atoms with E-state index in [0.717, 1.165) is 5.56 Å². The van der Waals surface area contributed by atoms with E-state index in [9.17, 15) is 9.59 Å². The fraction of sp³-hybridized carbons (Fsp3) is 0.429. The first-order chi connectivity index (χ1) is 8.91. The van der Waals surface area contributed by atoms with E-state index >= 15 is 0 Å². The molecule has 1 aromatic carbocycles. The number of rotatable bonds is 5. The van der Waals surface area contributed by atoms with Crippen LogP contribution in [0.3, 0.4) is 0 Å². The van der Waals surface area contributed by atoms with Gasteiger partial charge in [-0.1, -0.05) is 6.07 Å². The van der Waals surface area contributed by atoms with Gasteiger partial charge in [-0.15, -0.1) is 0 Å². The molecule has 0 radical (unpaired) electrons. The monoisotopic (exact) mass is 263 g/mol. The molecule has 1 rings (SSSR count). The highest BCUT2D eigenvalue weighted by atomic mass is 16.2. The number of hydrogen-bond donors (Lipinski definition) is 3. The van der Waals surface area contributed by atoms with Gasteiger partial charge in [0, 0.05) is 30.3 Å². The lowest BCUT2D eigenvalue weighted by molar-refractivity contribution is -0.121. The zero-order valence-corrected chi connectivity index (χ0v) is 11.6. The third-order valence-electron chi connectivity index (χ3n) is 2.71. The second-order valence-corrected chi connectivity index (χ2v) is 4.75. The summed E-state index contributed by atoms with van der Waals surface area (Å²) in [4.78, 5) is 23.3. The number of anilines is 1. The first-order valence-corrected chi connectivity index (χ1v) is 6.34. The molecule has 0 aromatic heterocycles. The minimum Gasteiger partial charge on any atom is -0.398 e. The average Bonchev–Trinajstić information content (AvgIpc) is 2.31. The molecule has 2 amide bonds. The summed E-state index contributed by atoms with van der Waals surface area (Å²) in [5.74, 6) is -0.276. The maximum absolute atomic E-state index is 11.9. The summed E-state index contributed by atoms with van der Waals surface area (Å²) in [6.45, 7) is 5.90. The Labute approximate surface area is 113 Å². The van der Waals surface area contributed by atoms with Crippen LogP contribution < -0.4 is 16.4 Å². The smallest absolute Gasteiger partial charge is 0.251 e. The molecule has 0 atom stereocenters. The fourth-order valence-electron chi connectivity index (χ4n) is 1.68. The van der Waals surface area contributed by atoms with E-state index in [0.29, 0.717) is 17.8 Å². The molecule has 0 aliphatic rings. The van der Waals surface area contributed by atoms with Gasteiger partial charge in [0.1, 0.15) is 0 Å². The summed E-state index contributed by atoms with van der Waals surface area (Å²) in [7, 11) is 0. The zero-order chi connectivity index (χ0) is 14.4. The van der Waals surface area contributed by atoms with Crippen LogP contribution in [0.15, 0.2) is 18.2 Å². The van der Waals surface area contributed by atoms with Gasteiger partial charge in [-0.25, -0.2) is 0 Å². The lowest BCUT2D eigenvalue weighted by Crippen LogP contribution is -2.34. The van der Waals surface area contributed by atoms with Gasteiger partial charge in [0.05, 0.1) is 0 Å². The predicted molar refractivity (Wildman–Crippen MR) is 75.8 cm³/mol. The van der Waals surface area contributed by atoms with Crippen molar-refractivity contribution in [2.75, 3.05) is 12.3 Å². The highest BCUT2D eigenvalue weighted by molar-refractivity contribution is 5.97. The molecule has 1 aromatic rings. The molecule has 104 valence electrons. The molecule has 0 heterocycles. The van der Waals surface area contributed by atoms with Crippen LogP contribution in [0.5, 0.6) is 0 Å². The van der Waals surface area contributed by atoms with Gasteiger partial charge in [-0.2, -0.15) is 0 Å². The largest absolute Gasteiger partial charge is 0.398 e. The Hall–Kier alpha value is -2.04. The van der Waals surface area contributed by atoms with Crippen molar-refractivity contribution in [3.8, 4) is 0 Å². The maximum atomic E-state index is 11.9. The number of nitrogen functional groups attached to an aromatic ring is 1. The summed E-state index contributed by atoms with van der Waals surface area (Å²) in [6, 6.07) is 5.32. The normalized spacial score (nSPS) is 10.3. The standard InChI is InChI=1S/C14H21N3O2/c1-9(2)17-13(18)7-8-16-14(19)11-5-4-6-12(15)10(11)3/h4-6,9H,7-8,15H2,1-3H3,(H,16,19)(H,17,18). The lowest BCUT2D eigenvalue weighted by atomic mass is 10.1. The van der Waals surface area contributed by atoms with Crippen LogP contribution in [0.25, 0.3) is 0 Å². The molecule has 0 bridgehead atoms. The second-order valence-electron chi connectivity index (χ2n) is 4.75. The Morgan fingerprint density at radius 3 is 2.63 bits per heavy atom. The molecular weight excluding hydrogens is 242 g/mol. The van der Waals surface area contributed by atoms with Gasteiger partial charge in [0.15, 0.2) is 0 Å². The Bertz CT molecular complexity index is 470. The van der Waals surface area contributed by atoms with Crippen molar-refractivity contribution >= 4 is 17.5 Å². The molecule has 19 heavy (non-hydrogen) atoms. The molecule has 4 N–H and O–H groups in total. The van der Waals surface area contributed by atoms with E-state index in [4.69, 9.17) is 5.73 Å². The van der Waals surface area contributed by atoms with Crippen molar-refractivity contribution in [3.63, 3.8) is 0 Å². The molecule has 0 aliphatic carbocycles. The number of benzene rings is 1. The summed E-state index contributed by atoms with van der Waals surface area (Å²) >= 11 is 0. The average molecular weight is 263 g/mol. The van der Waals surface area contributed by atoms with Gasteiger partial charge >= 0.3 is 0 Å². The summed E-state index contributed by atoms with van der Waals surface area (Å²) in [5, 5.41) is 5.48. The second kappa shape index (κ2) is 6.78. The van der Waals surface area contributed by atoms with Crippen molar-refractivity contribution in [2.45, 2.75) is 33.2 Å². The molecule has 0 saturated heterocycles. The van der Waals surface area contributed by atoms with E-state index < -0.39 is 0 Å². The topological polar surface area (TPSA) is 84.2 Å². The Morgan fingerprint density at radius 2 is 2.00 bits per heavy atom. The number of hydrogen-bond acceptors (Lipinski definition) is 3. The highest BCUT2D eigenvalue weighted by Crippen LogP contribution is 2.15. The van der Waals surface area contributed by atoms with Gasteiger partial charge in [-0.05, 0) is 38.5 Å². The first-order valence-electron chi connectivity index (χ1n) is 6.34. The van der Waals surface area contributed by atoms with Crippen molar-refractivity contribution < 1.29 is 9.59 Å². The van der Waals surface area contributed by atoms with Gasteiger partial charge in [0.2, 0.25) is 5.91 Å². The van der Waals surface area contributed by atoms with Crippen molar-refractivity contribution in [3.05, 3.63) is 29.3 Å². The number of amides is 2. The molecular formula is C14H21N3O2. The van der Waals surface area contributed by atoms with E-state index in [1.165, 1.54) is 0 Å². The lowest BCUT2D eigenvalue weighted by Gasteiger charge is -2.10. The molecule has 0 unspecified atom stereocenters. The number of carbonyl (C=O) groups is 2. The van der Waals surface area contributed by atoms with E-state index in [2.05, 4.69) is 10.6 Å². The number of nitrogens with one attached hydrogen (secondary N) is 2. The van der Waals surface area contributed by atoms with E-state index in [-0.39, 0.29) is 24.3 Å². The summed E-state index contributed by atoms with van der Waals surface area (Å²) in [5.41, 5.74) is 7.64. The molecule has 0 saturated carbocycles. The highest BCUT2D eigenvalue weighted by Gasteiger charge is 2.10. The third-order valence-corrected chi connectivity index (χ3v) is 2.71. The zero-order valence-electron chi connectivity index (χ0n) is 11.6. The third kappa shape index (κ3) is 4.62. The first kappa shape index (κ1) is 15.0. The molecule has 0 spiro atoms.